The second-order valence-electron chi connectivity index (χ2n) is 2.59. The lowest BCUT2D eigenvalue weighted by Crippen LogP contribution is -1.87. The van der Waals surface area contributed by atoms with Crippen LogP contribution in [0.15, 0.2) is 25.6 Å². The fourth-order valence-corrected chi connectivity index (χ4v) is 3.29. The van der Waals surface area contributed by atoms with Crippen LogP contribution in [0, 0.1) is 0 Å². The summed E-state index contributed by atoms with van der Waals surface area (Å²) in [4.78, 5) is 10.4. The molecule has 1 rings (SSSR count). The van der Waals surface area contributed by atoms with E-state index in [1.54, 1.807) is 6.07 Å². The molecule has 0 aliphatic carbocycles. The van der Waals surface area contributed by atoms with Crippen molar-refractivity contribution in [3.8, 4) is 5.75 Å². The first-order valence-electron chi connectivity index (χ1n) is 3.71. The third kappa shape index (κ3) is 3.06. The first-order chi connectivity index (χ1) is 6.93. The molecule has 0 saturated heterocycles. The highest BCUT2D eigenvalue weighted by Crippen LogP contribution is 2.39. The van der Waals surface area contributed by atoms with Crippen LogP contribution < -0.4 is 0 Å². The Morgan fingerprint density at radius 1 is 1.27 bits per heavy atom. The second-order valence-corrected chi connectivity index (χ2v) is 5.09. The third-order valence-electron chi connectivity index (χ3n) is 1.57. The number of rotatable bonds is 2. The van der Waals surface area contributed by atoms with E-state index in [0.29, 0.717) is 19.0 Å². The molecule has 0 amide bonds. The monoisotopic (exact) mass is 398 g/mol. The molecule has 0 atom stereocenters. The van der Waals surface area contributed by atoms with Gasteiger partial charge in [-0.05, 0) is 44.0 Å². The number of phenolic OH excluding ortho intramolecular Hbond substituents is 1. The van der Waals surface area contributed by atoms with Crippen molar-refractivity contribution in [1.29, 1.82) is 0 Å². The standard InChI is InChI=1S/C9H5Br3O3/c10-5-3-6(11)9(15)8(12)4(5)1-2-7(13)14/h1-3,15H,(H,13,14)/b2-1+. The summed E-state index contributed by atoms with van der Waals surface area (Å²) < 4.78 is 1.63. The van der Waals surface area contributed by atoms with Gasteiger partial charge in [-0.1, -0.05) is 15.9 Å². The quantitative estimate of drug-likeness (QED) is 0.743. The van der Waals surface area contributed by atoms with Gasteiger partial charge >= 0.3 is 5.97 Å². The van der Waals surface area contributed by atoms with Gasteiger partial charge in [-0.15, -0.1) is 0 Å². The van der Waals surface area contributed by atoms with Gasteiger partial charge in [0.1, 0.15) is 5.75 Å². The number of hydrogen-bond acceptors (Lipinski definition) is 2. The summed E-state index contributed by atoms with van der Waals surface area (Å²) in [6.07, 6.45) is 2.39. The Bertz CT molecular complexity index is 441. The predicted molar refractivity (Wildman–Crippen MR) is 67.9 cm³/mol. The molecule has 80 valence electrons. The molecule has 0 saturated carbocycles. The van der Waals surface area contributed by atoms with Gasteiger partial charge in [0.2, 0.25) is 0 Å². The Kier molecular flexibility index (Phi) is 4.36. The van der Waals surface area contributed by atoms with E-state index >= 15 is 0 Å². The second kappa shape index (κ2) is 5.14. The molecule has 1 aromatic rings. The van der Waals surface area contributed by atoms with Gasteiger partial charge in [0, 0.05) is 16.1 Å². The topological polar surface area (TPSA) is 57.5 Å². The van der Waals surface area contributed by atoms with Crippen molar-refractivity contribution in [3.05, 3.63) is 31.1 Å². The highest BCUT2D eigenvalue weighted by Gasteiger charge is 2.11. The van der Waals surface area contributed by atoms with Crippen molar-refractivity contribution in [2.24, 2.45) is 0 Å². The highest BCUT2D eigenvalue weighted by atomic mass is 79.9. The van der Waals surface area contributed by atoms with Crippen LogP contribution in [0.4, 0.5) is 0 Å². The molecule has 3 nitrogen and oxygen atoms in total. The first kappa shape index (κ1) is 12.7. The van der Waals surface area contributed by atoms with Crippen molar-refractivity contribution in [2.45, 2.75) is 0 Å². The smallest absolute Gasteiger partial charge is 0.328 e. The van der Waals surface area contributed by atoms with E-state index in [1.807, 2.05) is 0 Å². The number of aromatic hydroxyl groups is 1. The lowest BCUT2D eigenvalue weighted by molar-refractivity contribution is -0.131. The maximum Gasteiger partial charge on any atom is 0.328 e. The molecule has 0 unspecified atom stereocenters. The van der Waals surface area contributed by atoms with Crippen LogP contribution >= 0.6 is 47.8 Å². The largest absolute Gasteiger partial charge is 0.506 e. The summed E-state index contributed by atoms with van der Waals surface area (Å²) in [6.45, 7) is 0. The highest BCUT2D eigenvalue weighted by molar-refractivity contribution is 9.11. The van der Waals surface area contributed by atoms with Gasteiger partial charge < -0.3 is 10.2 Å². The summed E-state index contributed by atoms with van der Waals surface area (Å²) in [5.74, 6) is -1.01. The Labute approximate surface area is 111 Å². The van der Waals surface area contributed by atoms with Crippen molar-refractivity contribution in [1.82, 2.24) is 0 Å². The molecular formula is C9H5Br3O3. The van der Waals surface area contributed by atoms with Gasteiger partial charge in [0.25, 0.3) is 0 Å². The minimum Gasteiger partial charge on any atom is -0.506 e. The number of carbonyl (C=O) groups is 1. The van der Waals surface area contributed by atoms with E-state index in [0.717, 1.165) is 6.08 Å². The van der Waals surface area contributed by atoms with Crippen molar-refractivity contribution in [2.75, 3.05) is 0 Å². The Balaban J connectivity index is 3.30. The molecule has 0 fully saturated rings. The molecule has 0 aromatic heterocycles. The number of hydrogen-bond donors (Lipinski definition) is 2. The molecule has 1 aromatic carbocycles. The summed E-state index contributed by atoms with van der Waals surface area (Å²) in [7, 11) is 0. The minimum atomic E-state index is -1.05. The maximum atomic E-state index is 10.4. The zero-order valence-electron chi connectivity index (χ0n) is 7.17. The summed E-state index contributed by atoms with van der Waals surface area (Å²) in [5.41, 5.74) is 0.568. The van der Waals surface area contributed by atoms with Crippen LogP contribution in [-0.2, 0) is 4.79 Å². The number of carboxylic acid groups (broad SMARTS) is 1. The molecule has 0 spiro atoms. The predicted octanol–water partition coefficient (Wildman–Crippen LogP) is 3.78. The average molecular weight is 401 g/mol. The van der Waals surface area contributed by atoms with E-state index in [2.05, 4.69) is 47.8 Å². The van der Waals surface area contributed by atoms with Crippen molar-refractivity contribution < 1.29 is 15.0 Å². The van der Waals surface area contributed by atoms with Crippen LogP contribution in [0.2, 0.25) is 0 Å². The van der Waals surface area contributed by atoms with Crippen LogP contribution in [-0.4, -0.2) is 16.2 Å². The molecule has 0 radical (unpaired) electrons. The number of phenols is 1. The normalized spacial score (nSPS) is 10.9. The lowest BCUT2D eigenvalue weighted by atomic mass is 10.2. The molecule has 6 heteroatoms. The molecule has 2 N–H and O–H groups in total. The Hall–Kier alpha value is -0.330. The lowest BCUT2D eigenvalue weighted by Gasteiger charge is -2.06. The van der Waals surface area contributed by atoms with E-state index in [-0.39, 0.29) is 5.75 Å². The number of halogens is 3. The molecular weight excluding hydrogens is 396 g/mol. The number of benzene rings is 1. The van der Waals surface area contributed by atoms with E-state index < -0.39 is 5.97 Å². The maximum absolute atomic E-state index is 10.4. The molecule has 0 aliphatic rings. The van der Waals surface area contributed by atoms with Gasteiger partial charge in [-0.25, -0.2) is 4.79 Å². The average Bonchev–Trinajstić information content (AvgIpc) is 2.14. The minimum absolute atomic E-state index is 0.0308. The van der Waals surface area contributed by atoms with Crippen LogP contribution in [0.3, 0.4) is 0 Å². The first-order valence-corrected chi connectivity index (χ1v) is 6.09. The van der Waals surface area contributed by atoms with Crippen molar-refractivity contribution >= 4 is 59.8 Å². The number of carboxylic acids is 1. The SMILES string of the molecule is O=C(O)/C=C/c1c(Br)cc(Br)c(O)c1Br. The van der Waals surface area contributed by atoms with Gasteiger partial charge in [-0.2, -0.15) is 0 Å². The third-order valence-corrected chi connectivity index (χ3v) is 3.64. The van der Waals surface area contributed by atoms with Gasteiger partial charge in [0.05, 0.1) is 8.95 Å². The van der Waals surface area contributed by atoms with Gasteiger partial charge in [0.15, 0.2) is 0 Å². The summed E-state index contributed by atoms with van der Waals surface area (Å²) in [6, 6.07) is 1.64. The summed E-state index contributed by atoms with van der Waals surface area (Å²) >= 11 is 9.61. The van der Waals surface area contributed by atoms with Crippen molar-refractivity contribution in [3.63, 3.8) is 0 Å². The van der Waals surface area contributed by atoms with Crippen LogP contribution in [0.5, 0.6) is 5.75 Å². The van der Waals surface area contributed by atoms with Gasteiger partial charge in [-0.3, -0.25) is 0 Å². The fourth-order valence-electron chi connectivity index (χ4n) is 0.902. The number of aliphatic carboxylic acids is 1. The zero-order chi connectivity index (χ0) is 11.6. The van der Waals surface area contributed by atoms with Crippen LogP contribution in [0.25, 0.3) is 6.08 Å². The van der Waals surface area contributed by atoms with E-state index in [9.17, 15) is 9.90 Å². The molecule has 0 heterocycles. The molecule has 0 bridgehead atoms. The zero-order valence-corrected chi connectivity index (χ0v) is 11.9. The summed E-state index contributed by atoms with van der Waals surface area (Å²) in [5, 5.41) is 18.1. The van der Waals surface area contributed by atoms with E-state index in [4.69, 9.17) is 5.11 Å². The Morgan fingerprint density at radius 2 is 1.87 bits per heavy atom. The molecule has 0 aliphatic heterocycles. The Morgan fingerprint density at radius 3 is 2.40 bits per heavy atom. The fraction of sp³-hybridized carbons (Fsp3) is 0. The molecule has 15 heavy (non-hydrogen) atoms. The van der Waals surface area contributed by atoms with Crippen LogP contribution in [0.1, 0.15) is 5.56 Å². The van der Waals surface area contributed by atoms with E-state index in [1.165, 1.54) is 6.08 Å².